The smallest absolute Gasteiger partial charge is 0.306 e. The highest BCUT2D eigenvalue weighted by atomic mass is 35.5. The molecule has 0 radical (unpaired) electrons. The van der Waals surface area contributed by atoms with Gasteiger partial charge in [-0.25, -0.2) is 17.9 Å². The van der Waals surface area contributed by atoms with Crippen molar-refractivity contribution in [3.8, 4) is 0 Å². The summed E-state index contributed by atoms with van der Waals surface area (Å²) < 4.78 is 27.1. The van der Waals surface area contributed by atoms with E-state index < -0.39 is 10.0 Å². The molecule has 0 aliphatic heterocycles. The average molecular weight is 338 g/mol. The van der Waals surface area contributed by atoms with Crippen LogP contribution in [-0.4, -0.2) is 18.4 Å². The second kappa shape index (κ2) is 5.60. The summed E-state index contributed by atoms with van der Waals surface area (Å²) in [6.45, 7) is 0.0870. The van der Waals surface area contributed by atoms with Crippen LogP contribution in [0.1, 0.15) is 5.56 Å². The van der Waals surface area contributed by atoms with Gasteiger partial charge in [0.25, 0.3) is 0 Å². The minimum atomic E-state index is -3.70. The molecule has 0 saturated heterocycles. The third-order valence-corrected chi connectivity index (χ3v) is 4.98. The van der Waals surface area contributed by atoms with Gasteiger partial charge in [-0.2, -0.15) is 0 Å². The van der Waals surface area contributed by atoms with Crippen molar-refractivity contribution in [3.05, 3.63) is 63.5 Å². The van der Waals surface area contributed by atoms with E-state index in [4.69, 9.17) is 11.6 Å². The van der Waals surface area contributed by atoms with Crippen molar-refractivity contribution in [1.82, 2.24) is 14.7 Å². The van der Waals surface area contributed by atoms with Crippen molar-refractivity contribution in [3.63, 3.8) is 0 Å². The van der Waals surface area contributed by atoms with Crippen molar-refractivity contribution in [2.75, 3.05) is 0 Å². The number of H-pyrrole nitrogens is 2. The maximum Gasteiger partial charge on any atom is 0.323 e. The summed E-state index contributed by atoms with van der Waals surface area (Å²) in [6, 6.07) is 11.4. The monoisotopic (exact) mass is 337 g/mol. The predicted molar refractivity (Wildman–Crippen MR) is 84.4 cm³/mol. The average Bonchev–Trinajstić information content (AvgIpc) is 2.85. The Labute approximate surface area is 131 Å². The highest BCUT2D eigenvalue weighted by Crippen LogP contribution is 2.18. The molecule has 0 aliphatic rings. The number of sulfonamides is 1. The molecule has 0 unspecified atom stereocenters. The van der Waals surface area contributed by atoms with Crippen LogP contribution in [0.5, 0.6) is 0 Å². The molecule has 3 N–H and O–H groups in total. The quantitative estimate of drug-likeness (QED) is 0.679. The number of benzene rings is 2. The number of aromatic nitrogens is 2. The fourth-order valence-corrected chi connectivity index (χ4v) is 3.31. The number of aromatic amines is 2. The largest absolute Gasteiger partial charge is 0.323 e. The Bertz CT molecular complexity index is 992. The van der Waals surface area contributed by atoms with Gasteiger partial charge in [-0.1, -0.05) is 29.8 Å². The van der Waals surface area contributed by atoms with Gasteiger partial charge in [0.1, 0.15) is 0 Å². The molecule has 2 aromatic carbocycles. The van der Waals surface area contributed by atoms with E-state index >= 15 is 0 Å². The number of hydrogen-bond donors (Lipinski definition) is 3. The summed E-state index contributed by atoms with van der Waals surface area (Å²) in [7, 11) is -3.70. The number of imidazole rings is 1. The molecule has 8 heteroatoms. The second-order valence-corrected chi connectivity index (χ2v) is 6.88. The molecule has 0 fully saturated rings. The molecule has 1 aromatic heterocycles. The molecule has 114 valence electrons. The van der Waals surface area contributed by atoms with Gasteiger partial charge in [-0.3, -0.25) is 0 Å². The lowest BCUT2D eigenvalue weighted by atomic mass is 10.2. The Hall–Kier alpha value is -2.09. The van der Waals surface area contributed by atoms with E-state index in [1.165, 1.54) is 18.2 Å². The number of hydrogen-bond acceptors (Lipinski definition) is 3. The summed E-state index contributed by atoms with van der Waals surface area (Å²) in [4.78, 5) is 16.4. The van der Waals surface area contributed by atoms with Crippen LogP contribution in [0.3, 0.4) is 0 Å². The molecular weight excluding hydrogens is 326 g/mol. The molecule has 22 heavy (non-hydrogen) atoms. The third kappa shape index (κ3) is 2.92. The van der Waals surface area contributed by atoms with Crippen molar-refractivity contribution >= 4 is 32.7 Å². The first-order chi connectivity index (χ1) is 10.5. The van der Waals surface area contributed by atoms with Crippen LogP contribution < -0.4 is 10.4 Å². The van der Waals surface area contributed by atoms with E-state index in [0.717, 1.165) is 0 Å². The van der Waals surface area contributed by atoms with Crippen molar-refractivity contribution in [2.45, 2.75) is 11.4 Å². The molecule has 1 heterocycles. The van der Waals surface area contributed by atoms with Gasteiger partial charge in [-0.15, -0.1) is 0 Å². The highest BCUT2D eigenvalue weighted by molar-refractivity contribution is 7.89. The van der Waals surface area contributed by atoms with Crippen LogP contribution in [0, 0.1) is 0 Å². The first-order valence-electron chi connectivity index (χ1n) is 6.41. The second-order valence-electron chi connectivity index (χ2n) is 4.70. The lowest BCUT2D eigenvalue weighted by molar-refractivity contribution is 0.581. The molecule has 3 rings (SSSR count). The van der Waals surface area contributed by atoms with Gasteiger partial charge in [0, 0.05) is 11.6 Å². The van der Waals surface area contributed by atoms with Gasteiger partial charge in [-0.05, 0) is 29.8 Å². The van der Waals surface area contributed by atoms with E-state index in [9.17, 15) is 13.2 Å². The topological polar surface area (TPSA) is 94.8 Å². The molecule has 6 nitrogen and oxygen atoms in total. The summed E-state index contributed by atoms with van der Waals surface area (Å²) in [5.41, 5.74) is 1.29. The Balaban J connectivity index is 1.88. The van der Waals surface area contributed by atoms with Gasteiger partial charge in [0.2, 0.25) is 10.0 Å². The summed E-state index contributed by atoms with van der Waals surface area (Å²) in [5, 5.41) is 0.496. The van der Waals surface area contributed by atoms with Crippen molar-refractivity contribution < 1.29 is 8.42 Å². The van der Waals surface area contributed by atoms with Gasteiger partial charge < -0.3 is 9.97 Å². The van der Waals surface area contributed by atoms with Crippen LogP contribution in [0.2, 0.25) is 5.02 Å². The van der Waals surface area contributed by atoms with Gasteiger partial charge in [0.05, 0.1) is 15.9 Å². The number of rotatable bonds is 4. The van der Waals surface area contributed by atoms with E-state index in [2.05, 4.69) is 14.7 Å². The van der Waals surface area contributed by atoms with Crippen LogP contribution in [0.25, 0.3) is 11.0 Å². The summed E-state index contributed by atoms with van der Waals surface area (Å²) >= 11 is 6.00. The van der Waals surface area contributed by atoms with Crippen LogP contribution in [0.4, 0.5) is 0 Å². The zero-order valence-corrected chi connectivity index (χ0v) is 12.8. The molecule has 0 amide bonds. The summed E-state index contributed by atoms with van der Waals surface area (Å²) in [5.74, 6) is 0. The third-order valence-electron chi connectivity index (χ3n) is 3.21. The Kier molecular flexibility index (Phi) is 3.78. The number of nitrogens with one attached hydrogen (secondary N) is 3. The summed E-state index contributed by atoms with van der Waals surface area (Å²) in [6.07, 6.45) is 0. The standard InChI is InChI=1S/C14H12ClN3O3S/c15-11-4-2-1-3-9(11)8-16-22(20,21)10-5-6-12-13(7-10)18-14(19)17-12/h1-7,16H,8H2,(H2,17,18,19). The Morgan fingerprint density at radius 3 is 2.55 bits per heavy atom. The molecule has 0 spiro atoms. The first kappa shape index (κ1) is 14.8. The lowest BCUT2D eigenvalue weighted by Crippen LogP contribution is -2.23. The van der Waals surface area contributed by atoms with Crippen LogP contribution in [0.15, 0.2) is 52.2 Å². The molecule has 0 bridgehead atoms. The van der Waals surface area contributed by atoms with Crippen LogP contribution >= 0.6 is 11.6 Å². The Morgan fingerprint density at radius 2 is 1.77 bits per heavy atom. The van der Waals surface area contributed by atoms with E-state index in [1.807, 2.05) is 0 Å². The van der Waals surface area contributed by atoms with Crippen molar-refractivity contribution in [1.29, 1.82) is 0 Å². The van der Waals surface area contributed by atoms with Gasteiger partial charge >= 0.3 is 5.69 Å². The predicted octanol–water partition coefficient (Wildman–Crippen LogP) is 1.99. The molecule has 0 atom stereocenters. The van der Waals surface area contributed by atoms with Crippen molar-refractivity contribution in [2.24, 2.45) is 0 Å². The van der Waals surface area contributed by atoms with Crippen LogP contribution in [-0.2, 0) is 16.6 Å². The zero-order chi connectivity index (χ0) is 15.7. The fraction of sp³-hybridized carbons (Fsp3) is 0.0714. The normalized spacial score (nSPS) is 11.9. The lowest BCUT2D eigenvalue weighted by Gasteiger charge is -2.08. The maximum absolute atomic E-state index is 12.3. The fourth-order valence-electron chi connectivity index (χ4n) is 2.08. The molecule has 0 saturated carbocycles. The molecule has 3 aromatic rings. The first-order valence-corrected chi connectivity index (χ1v) is 8.27. The Morgan fingerprint density at radius 1 is 1.05 bits per heavy atom. The van der Waals surface area contributed by atoms with E-state index in [-0.39, 0.29) is 17.1 Å². The number of fused-ring (bicyclic) bond motifs is 1. The number of halogens is 1. The van der Waals surface area contributed by atoms with E-state index in [1.54, 1.807) is 24.3 Å². The SMILES string of the molecule is O=c1[nH]c2ccc(S(=O)(=O)NCc3ccccc3Cl)cc2[nH]1. The molecule has 0 aliphatic carbocycles. The van der Waals surface area contributed by atoms with Gasteiger partial charge in [0.15, 0.2) is 0 Å². The maximum atomic E-state index is 12.3. The zero-order valence-electron chi connectivity index (χ0n) is 11.3. The minimum Gasteiger partial charge on any atom is -0.306 e. The van der Waals surface area contributed by atoms with E-state index in [0.29, 0.717) is 21.6 Å². The highest BCUT2D eigenvalue weighted by Gasteiger charge is 2.15. The molecular formula is C14H12ClN3O3S. The minimum absolute atomic E-state index is 0.0716.